The number of H-pyrrole nitrogens is 1. The Bertz CT molecular complexity index is 1180. The maximum absolute atomic E-state index is 12.4. The van der Waals surface area contributed by atoms with Gasteiger partial charge in [-0.05, 0) is 24.1 Å². The van der Waals surface area contributed by atoms with Crippen molar-refractivity contribution < 1.29 is 24.2 Å². The first-order valence-corrected chi connectivity index (χ1v) is 11.5. The molecule has 0 saturated carbocycles. The number of phenolic OH excluding ortho intramolecular Hbond substituents is 1. The number of esters is 2. The molecule has 0 radical (unpaired) electrons. The fraction of sp³-hybridized carbons (Fsp3) is 0.261. The highest BCUT2D eigenvalue weighted by Gasteiger charge is 2.40. The van der Waals surface area contributed by atoms with Gasteiger partial charge in [-0.3, -0.25) is 4.79 Å². The third-order valence-electron chi connectivity index (χ3n) is 5.23. The molecule has 7 nitrogen and oxygen atoms in total. The summed E-state index contributed by atoms with van der Waals surface area (Å²) in [5, 5.41) is 14.2. The lowest BCUT2D eigenvalue weighted by Crippen LogP contribution is -2.41. The van der Waals surface area contributed by atoms with Gasteiger partial charge >= 0.3 is 11.9 Å². The highest BCUT2D eigenvalue weighted by Crippen LogP contribution is 2.39. The molecule has 4 rings (SSSR count). The summed E-state index contributed by atoms with van der Waals surface area (Å²) in [6.07, 6.45) is 1.75. The van der Waals surface area contributed by atoms with Gasteiger partial charge in [0.15, 0.2) is 0 Å². The van der Waals surface area contributed by atoms with Crippen molar-refractivity contribution in [2.45, 2.75) is 25.4 Å². The third kappa shape index (κ3) is 4.89. The number of aromatic hydroxyl groups is 1. The van der Waals surface area contributed by atoms with Crippen molar-refractivity contribution in [2.75, 3.05) is 12.3 Å². The minimum Gasteiger partial charge on any atom is -0.508 e. The van der Waals surface area contributed by atoms with Crippen LogP contribution in [0.2, 0.25) is 0 Å². The van der Waals surface area contributed by atoms with Crippen molar-refractivity contribution in [3.63, 3.8) is 0 Å². The highest BCUT2D eigenvalue weighted by atomic mass is 32.2. The molecule has 0 bridgehead atoms. The second kappa shape index (κ2) is 9.62. The Morgan fingerprint density at radius 3 is 2.94 bits per heavy atom. The quantitative estimate of drug-likeness (QED) is 0.285. The Labute approximate surface area is 194 Å². The molecule has 2 heterocycles. The maximum atomic E-state index is 12.4. The first kappa shape index (κ1) is 22.2. The summed E-state index contributed by atoms with van der Waals surface area (Å²) in [5.74, 6) is -1.02. The van der Waals surface area contributed by atoms with E-state index in [1.807, 2.05) is 24.4 Å². The normalized spacial score (nSPS) is 17.5. The second-order valence-electron chi connectivity index (χ2n) is 7.41. The average Bonchev–Trinajstić information content (AvgIpc) is 3.16. The summed E-state index contributed by atoms with van der Waals surface area (Å²) in [7, 11) is 0. The number of rotatable bonds is 6. The number of thiocarbonyl (C=S) groups is 1. The van der Waals surface area contributed by atoms with Crippen LogP contribution in [-0.4, -0.2) is 44.8 Å². The predicted octanol–water partition coefficient (Wildman–Crippen LogP) is 3.66. The first-order chi connectivity index (χ1) is 15.4. The van der Waals surface area contributed by atoms with Crippen LogP contribution in [0.25, 0.3) is 10.9 Å². The summed E-state index contributed by atoms with van der Waals surface area (Å²) in [4.78, 5) is 27.2. The minimum absolute atomic E-state index is 0.0108. The third-order valence-corrected chi connectivity index (χ3v) is 6.66. The van der Waals surface area contributed by atoms with Crippen LogP contribution in [0.15, 0.2) is 48.7 Å². The molecule has 2 atom stereocenters. The van der Waals surface area contributed by atoms with Gasteiger partial charge in [0.2, 0.25) is 6.10 Å². The second-order valence-corrected chi connectivity index (χ2v) is 9.11. The molecule has 166 valence electrons. The van der Waals surface area contributed by atoms with E-state index in [0.29, 0.717) is 22.2 Å². The number of phenols is 1. The maximum Gasteiger partial charge on any atom is 0.353 e. The van der Waals surface area contributed by atoms with Gasteiger partial charge in [0.05, 0.1) is 0 Å². The van der Waals surface area contributed by atoms with E-state index in [-0.39, 0.29) is 11.5 Å². The first-order valence-electron chi connectivity index (χ1n) is 10.1. The standard InChI is InChI=1S/C23H22N2O5S2/c1-13(26)29-21-18(17-7-6-15(27)10-20(17)30-22(21)28)12-32-23(31)24-9-8-14-11-25-19-5-3-2-4-16(14)19/h2-7,10-11,18,21,25,27H,8-9,12H2,1H3,(H,24,31). The number of aromatic nitrogens is 1. The molecule has 0 spiro atoms. The molecule has 3 N–H and O–H groups in total. The van der Waals surface area contributed by atoms with Crippen LogP contribution in [0.5, 0.6) is 11.5 Å². The number of benzene rings is 2. The average molecular weight is 471 g/mol. The van der Waals surface area contributed by atoms with Crippen molar-refractivity contribution in [3.8, 4) is 11.5 Å². The molecule has 1 aliphatic rings. The van der Waals surface area contributed by atoms with Gasteiger partial charge in [-0.15, -0.1) is 0 Å². The molecule has 0 aliphatic carbocycles. The van der Waals surface area contributed by atoms with Crippen molar-refractivity contribution in [3.05, 3.63) is 59.8 Å². The van der Waals surface area contributed by atoms with Gasteiger partial charge in [0, 0.05) is 53.9 Å². The fourth-order valence-corrected chi connectivity index (χ4v) is 4.95. The Morgan fingerprint density at radius 1 is 1.31 bits per heavy atom. The van der Waals surface area contributed by atoms with Crippen LogP contribution in [-0.2, 0) is 20.7 Å². The Kier molecular flexibility index (Phi) is 6.66. The van der Waals surface area contributed by atoms with E-state index >= 15 is 0 Å². The van der Waals surface area contributed by atoms with Gasteiger partial charge < -0.3 is 24.9 Å². The number of carbonyl (C=O) groups excluding carboxylic acids is 2. The number of hydrogen-bond donors (Lipinski definition) is 3. The topological polar surface area (TPSA) is 101 Å². The summed E-state index contributed by atoms with van der Waals surface area (Å²) < 4.78 is 11.1. The minimum atomic E-state index is -1.06. The summed E-state index contributed by atoms with van der Waals surface area (Å²) in [6.45, 7) is 1.92. The molecule has 2 aromatic carbocycles. The lowest BCUT2D eigenvalue weighted by atomic mass is 9.92. The van der Waals surface area contributed by atoms with Gasteiger partial charge in [0.25, 0.3) is 0 Å². The van der Waals surface area contributed by atoms with E-state index in [1.54, 1.807) is 6.07 Å². The summed E-state index contributed by atoms with van der Waals surface area (Å²) >= 11 is 6.84. The molecule has 3 aromatic rings. The van der Waals surface area contributed by atoms with Gasteiger partial charge in [-0.1, -0.05) is 48.2 Å². The van der Waals surface area contributed by atoms with Gasteiger partial charge in [-0.2, -0.15) is 0 Å². The number of para-hydroxylation sites is 1. The van der Waals surface area contributed by atoms with E-state index in [9.17, 15) is 14.7 Å². The van der Waals surface area contributed by atoms with Gasteiger partial charge in [0.1, 0.15) is 15.8 Å². The van der Waals surface area contributed by atoms with Crippen LogP contribution in [0.3, 0.4) is 0 Å². The lowest BCUT2D eigenvalue weighted by molar-refractivity contribution is -0.163. The van der Waals surface area contributed by atoms with Crippen LogP contribution >= 0.6 is 24.0 Å². The Morgan fingerprint density at radius 2 is 2.12 bits per heavy atom. The molecule has 1 aromatic heterocycles. The zero-order valence-corrected chi connectivity index (χ0v) is 18.9. The Balaban J connectivity index is 1.38. The van der Waals surface area contributed by atoms with Crippen LogP contribution < -0.4 is 10.1 Å². The number of aromatic amines is 1. The van der Waals surface area contributed by atoms with E-state index in [2.05, 4.69) is 16.4 Å². The van der Waals surface area contributed by atoms with Crippen molar-refractivity contribution in [1.82, 2.24) is 10.3 Å². The van der Waals surface area contributed by atoms with Crippen LogP contribution in [0.1, 0.15) is 24.0 Å². The van der Waals surface area contributed by atoms with Crippen molar-refractivity contribution >= 4 is 51.1 Å². The van der Waals surface area contributed by atoms with E-state index < -0.39 is 24.0 Å². The highest BCUT2D eigenvalue weighted by molar-refractivity contribution is 8.23. The SMILES string of the molecule is CC(=O)OC1C(=O)Oc2cc(O)ccc2C1CSC(=S)NCCc1c[nH]c2ccccc12. The van der Waals surface area contributed by atoms with E-state index in [4.69, 9.17) is 21.7 Å². The number of thioether (sulfide) groups is 1. The molecule has 1 aliphatic heterocycles. The fourth-order valence-electron chi connectivity index (χ4n) is 3.75. The van der Waals surface area contributed by atoms with Gasteiger partial charge in [-0.25, -0.2) is 4.79 Å². The molecule has 9 heteroatoms. The molecule has 0 saturated heterocycles. The molecule has 2 unspecified atom stereocenters. The molecule has 0 amide bonds. The zero-order chi connectivity index (χ0) is 22.7. The van der Waals surface area contributed by atoms with Crippen molar-refractivity contribution in [2.24, 2.45) is 0 Å². The summed E-state index contributed by atoms with van der Waals surface area (Å²) in [6, 6.07) is 12.7. The smallest absolute Gasteiger partial charge is 0.353 e. The lowest BCUT2D eigenvalue weighted by Gasteiger charge is -2.31. The Hall–Kier alpha value is -3.04. The van der Waals surface area contributed by atoms with Crippen LogP contribution in [0, 0.1) is 0 Å². The molecule has 32 heavy (non-hydrogen) atoms. The number of nitrogens with one attached hydrogen (secondary N) is 2. The van der Waals surface area contributed by atoms with Crippen molar-refractivity contribution in [1.29, 1.82) is 0 Å². The molecule has 0 fully saturated rings. The zero-order valence-electron chi connectivity index (χ0n) is 17.3. The molecular formula is C23H22N2O5S2. The summed E-state index contributed by atoms with van der Waals surface area (Å²) in [5.41, 5.74) is 2.99. The van der Waals surface area contributed by atoms with Crippen LogP contribution in [0.4, 0.5) is 0 Å². The number of hydrogen-bond acceptors (Lipinski definition) is 7. The predicted molar refractivity (Wildman–Crippen MR) is 127 cm³/mol. The largest absolute Gasteiger partial charge is 0.508 e. The van der Waals surface area contributed by atoms with E-state index in [0.717, 1.165) is 11.9 Å². The number of fused-ring (bicyclic) bond motifs is 2. The molecular weight excluding hydrogens is 448 g/mol. The monoisotopic (exact) mass is 470 g/mol. The number of carbonyl (C=O) groups is 2. The number of ether oxygens (including phenoxy) is 2. The van der Waals surface area contributed by atoms with E-state index in [1.165, 1.54) is 41.8 Å².